The van der Waals surface area contributed by atoms with Crippen LogP contribution in [0.4, 0.5) is 0 Å². The lowest BCUT2D eigenvalue weighted by atomic mass is 10.0. The summed E-state index contributed by atoms with van der Waals surface area (Å²) in [4.78, 5) is 17.8. The minimum atomic E-state index is -0.180. The van der Waals surface area contributed by atoms with Crippen LogP contribution >= 0.6 is 0 Å². The average molecular weight is 430 g/mol. The second-order valence-electron chi connectivity index (χ2n) is 7.64. The van der Waals surface area contributed by atoms with Gasteiger partial charge in [-0.15, -0.1) is 0 Å². The van der Waals surface area contributed by atoms with Crippen molar-refractivity contribution in [2.75, 3.05) is 14.2 Å². The van der Waals surface area contributed by atoms with E-state index >= 15 is 0 Å². The van der Waals surface area contributed by atoms with Crippen molar-refractivity contribution in [2.24, 2.45) is 7.05 Å². The van der Waals surface area contributed by atoms with E-state index in [4.69, 9.17) is 14.0 Å². The van der Waals surface area contributed by atoms with E-state index in [1.54, 1.807) is 43.5 Å². The highest BCUT2D eigenvalue weighted by atomic mass is 16.5. The van der Waals surface area contributed by atoms with E-state index < -0.39 is 0 Å². The van der Waals surface area contributed by atoms with Crippen molar-refractivity contribution in [3.8, 4) is 28.3 Å². The number of rotatable bonds is 4. The maximum Gasteiger partial charge on any atom is 0.333 e. The molecular weight excluding hydrogens is 408 g/mol. The maximum absolute atomic E-state index is 13.2. The molecule has 0 bridgehead atoms. The Bertz CT molecular complexity index is 1540. The molecule has 0 saturated carbocycles. The van der Waals surface area contributed by atoms with Crippen LogP contribution < -0.4 is 15.2 Å². The predicted molar refractivity (Wildman–Crippen MR) is 122 cm³/mol. The topological polar surface area (TPSA) is 84.3 Å². The van der Waals surface area contributed by atoms with E-state index in [9.17, 15) is 4.79 Å². The molecule has 162 valence electrons. The van der Waals surface area contributed by atoms with Crippen LogP contribution in [0.15, 0.2) is 51.9 Å². The Morgan fingerprint density at radius 3 is 2.38 bits per heavy atom. The smallest absolute Gasteiger partial charge is 0.333 e. The van der Waals surface area contributed by atoms with Gasteiger partial charge in [0.05, 0.1) is 37.0 Å². The molecule has 5 rings (SSSR count). The van der Waals surface area contributed by atoms with E-state index in [-0.39, 0.29) is 5.69 Å². The lowest BCUT2D eigenvalue weighted by molar-refractivity contribution is 0.355. The van der Waals surface area contributed by atoms with Crippen molar-refractivity contribution in [2.45, 2.75) is 13.8 Å². The van der Waals surface area contributed by atoms with Gasteiger partial charge in [0.2, 0.25) is 0 Å². The number of ether oxygens (including phenoxy) is 2. The molecule has 32 heavy (non-hydrogen) atoms. The first-order valence-corrected chi connectivity index (χ1v) is 10.1. The molecule has 0 aliphatic rings. The Morgan fingerprint density at radius 1 is 0.969 bits per heavy atom. The summed E-state index contributed by atoms with van der Waals surface area (Å²) in [6.45, 7) is 3.63. The SMILES string of the molecule is COc1ccc(-c2ccc3ncc4c(c3c2)n(-c2c(C)noc2C)c(=O)n4C)cc1OC. The molecular formula is C24H22N4O4. The molecule has 0 saturated heterocycles. The summed E-state index contributed by atoms with van der Waals surface area (Å²) in [5.74, 6) is 1.89. The minimum Gasteiger partial charge on any atom is -0.493 e. The highest BCUT2D eigenvalue weighted by Gasteiger charge is 2.21. The molecule has 0 spiro atoms. The van der Waals surface area contributed by atoms with Crippen molar-refractivity contribution in [1.82, 2.24) is 19.3 Å². The standard InChI is InChI=1S/C24H22N4O4/c1-13-22(14(2)32-26-13)28-23-17-10-15(16-7-9-20(30-4)21(11-16)31-5)6-8-18(17)25-12-19(23)27(3)24(28)29/h6-12H,1-5H3. The van der Waals surface area contributed by atoms with E-state index in [0.717, 1.165) is 33.1 Å². The predicted octanol–water partition coefficient (Wildman–Crippen LogP) is 4.17. The van der Waals surface area contributed by atoms with Crippen LogP contribution in [-0.4, -0.2) is 33.5 Å². The summed E-state index contributed by atoms with van der Waals surface area (Å²) >= 11 is 0. The first-order valence-electron chi connectivity index (χ1n) is 10.1. The summed E-state index contributed by atoms with van der Waals surface area (Å²) in [5.41, 5.74) is 5.33. The number of nitrogens with zero attached hydrogens (tertiary/aromatic N) is 4. The van der Waals surface area contributed by atoms with Crippen molar-refractivity contribution >= 4 is 21.9 Å². The molecule has 0 fully saturated rings. The Kier molecular flexibility index (Phi) is 4.51. The largest absolute Gasteiger partial charge is 0.493 e. The lowest BCUT2D eigenvalue weighted by Gasteiger charge is -2.11. The third kappa shape index (κ3) is 2.80. The molecule has 0 atom stereocenters. The molecule has 8 nitrogen and oxygen atoms in total. The van der Waals surface area contributed by atoms with Gasteiger partial charge in [0.25, 0.3) is 0 Å². The molecule has 0 aliphatic carbocycles. The molecule has 0 amide bonds. The molecule has 0 aliphatic heterocycles. The Morgan fingerprint density at radius 2 is 1.69 bits per heavy atom. The highest BCUT2D eigenvalue weighted by molar-refractivity contribution is 6.04. The number of pyridine rings is 1. The number of imidazole rings is 1. The second kappa shape index (κ2) is 7.26. The summed E-state index contributed by atoms with van der Waals surface area (Å²) < 4.78 is 19.4. The van der Waals surface area contributed by atoms with Gasteiger partial charge in [-0.2, -0.15) is 0 Å². The van der Waals surface area contributed by atoms with Crippen LogP contribution in [-0.2, 0) is 7.05 Å². The fourth-order valence-corrected chi connectivity index (χ4v) is 4.20. The summed E-state index contributed by atoms with van der Waals surface area (Å²) in [6, 6.07) is 11.8. The second-order valence-corrected chi connectivity index (χ2v) is 7.64. The zero-order valence-electron chi connectivity index (χ0n) is 18.5. The molecule has 8 heteroatoms. The zero-order valence-corrected chi connectivity index (χ0v) is 18.5. The van der Waals surface area contributed by atoms with E-state index in [1.165, 1.54) is 0 Å². The van der Waals surface area contributed by atoms with Crippen molar-refractivity contribution < 1.29 is 14.0 Å². The van der Waals surface area contributed by atoms with Gasteiger partial charge < -0.3 is 14.0 Å². The van der Waals surface area contributed by atoms with Crippen molar-refractivity contribution in [3.63, 3.8) is 0 Å². The van der Waals surface area contributed by atoms with Gasteiger partial charge in [0.1, 0.15) is 11.4 Å². The van der Waals surface area contributed by atoms with Crippen LogP contribution in [0.2, 0.25) is 0 Å². The summed E-state index contributed by atoms with van der Waals surface area (Å²) in [6.07, 6.45) is 1.73. The monoisotopic (exact) mass is 430 g/mol. The van der Waals surface area contributed by atoms with Crippen molar-refractivity contribution in [3.05, 3.63) is 64.5 Å². The van der Waals surface area contributed by atoms with Gasteiger partial charge in [0.15, 0.2) is 17.3 Å². The third-order valence-electron chi connectivity index (χ3n) is 5.82. The highest BCUT2D eigenvalue weighted by Crippen LogP contribution is 2.35. The number of benzene rings is 2. The zero-order chi connectivity index (χ0) is 22.6. The normalized spacial score (nSPS) is 11.4. The van der Waals surface area contributed by atoms with Gasteiger partial charge in [-0.25, -0.2) is 4.79 Å². The Hall–Kier alpha value is -4.07. The third-order valence-corrected chi connectivity index (χ3v) is 5.82. The fraction of sp³-hybridized carbons (Fsp3) is 0.208. The number of aryl methyl sites for hydroxylation is 3. The van der Waals surface area contributed by atoms with Crippen LogP contribution in [0.3, 0.4) is 0 Å². The summed E-state index contributed by atoms with van der Waals surface area (Å²) in [7, 11) is 4.96. The molecule has 5 aromatic rings. The number of methoxy groups -OCH3 is 2. The average Bonchev–Trinajstić information content (AvgIpc) is 3.27. The molecule has 0 radical (unpaired) electrons. The molecule has 3 aromatic heterocycles. The quantitative estimate of drug-likeness (QED) is 0.426. The van der Waals surface area contributed by atoms with Gasteiger partial charge >= 0.3 is 5.69 Å². The van der Waals surface area contributed by atoms with Crippen LogP contribution in [0.1, 0.15) is 11.5 Å². The summed E-state index contributed by atoms with van der Waals surface area (Å²) in [5, 5.41) is 4.90. The Balaban J connectivity index is 1.84. The maximum atomic E-state index is 13.2. The number of aromatic nitrogens is 4. The van der Waals surface area contributed by atoms with Crippen LogP contribution in [0.5, 0.6) is 11.5 Å². The van der Waals surface area contributed by atoms with Crippen LogP contribution in [0, 0.1) is 13.8 Å². The van der Waals surface area contributed by atoms with Gasteiger partial charge in [-0.3, -0.25) is 14.1 Å². The van der Waals surface area contributed by atoms with Gasteiger partial charge in [-0.1, -0.05) is 17.3 Å². The van der Waals surface area contributed by atoms with Crippen LogP contribution in [0.25, 0.3) is 38.8 Å². The van der Waals surface area contributed by atoms with E-state index in [0.29, 0.717) is 28.6 Å². The number of hydrogen-bond acceptors (Lipinski definition) is 6. The van der Waals surface area contributed by atoms with Gasteiger partial charge in [0, 0.05) is 12.4 Å². The molecule has 0 unspecified atom stereocenters. The minimum absolute atomic E-state index is 0.180. The molecule has 0 N–H and O–H groups in total. The lowest BCUT2D eigenvalue weighted by Crippen LogP contribution is -2.21. The first-order chi connectivity index (χ1) is 15.4. The fourth-order valence-electron chi connectivity index (χ4n) is 4.20. The first kappa shape index (κ1) is 19.9. The van der Waals surface area contributed by atoms with Crippen molar-refractivity contribution in [1.29, 1.82) is 0 Å². The Labute approximate surface area is 183 Å². The van der Waals surface area contributed by atoms with Gasteiger partial charge in [-0.05, 0) is 49.2 Å². The molecule has 3 heterocycles. The van der Waals surface area contributed by atoms with E-state index in [2.05, 4.69) is 10.1 Å². The molecule has 2 aromatic carbocycles. The van der Waals surface area contributed by atoms with E-state index in [1.807, 2.05) is 43.3 Å². The number of fused-ring (bicyclic) bond motifs is 3. The number of hydrogen-bond donors (Lipinski definition) is 0.